The Kier molecular flexibility index (Phi) is 8.03. The molecule has 1 aliphatic rings. The number of hydrogen-bond acceptors (Lipinski definition) is 8. The lowest BCUT2D eigenvalue weighted by atomic mass is 9.96. The summed E-state index contributed by atoms with van der Waals surface area (Å²) in [6.07, 6.45) is 1.33. The number of hydrogen-bond donors (Lipinski definition) is 1. The predicted molar refractivity (Wildman–Crippen MR) is 143 cm³/mol. The largest absolute Gasteiger partial charge is 0.493 e. The molecule has 0 bridgehead atoms. The Balaban J connectivity index is 1.85. The van der Waals surface area contributed by atoms with Gasteiger partial charge in [0.25, 0.3) is 5.56 Å². The number of aliphatic carboxylic acids is 1. The molecule has 1 atom stereocenters. The second-order valence-electron chi connectivity index (χ2n) is 8.68. The third-order valence-electron chi connectivity index (χ3n) is 5.61. The van der Waals surface area contributed by atoms with Crippen LogP contribution in [0.2, 0.25) is 5.02 Å². The van der Waals surface area contributed by atoms with Crippen molar-refractivity contribution in [2.75, 3.05) is 13.7 Å². The fourth-order valence-corrected chi connectivity index (χ4v) is 5.18. The molecule has 4 rings (SSSR count). The van der Waals surface area contributed by atoms with Crippen molar-refractivity contribution in [3.05, 3.63) is 89.6 Å². The number of carboxylic acid groups (broad SMARTS) is 1. The van der Waals surface area contributed by atoms with Gasteiger partial charge in [-0.2, -0.15) is 0 Å². The summed E-state index contributed by atoms with van der Waals surface area (Å²) in [5.74, 6) is -1.07. The van der Waals surface area contributed by atoms with Gasteiger partial charge in [0, 0.05) is 5.02 Å². The summed E-state index contributed by atoms with van der Waals surface area (Å²) in [6.45, 7) is 4.72. The minimum Gasteiger partial charge on any atom is -0.493 e. The van der Waals surface area contributed by atoms with E-state index in [2.05, 4.69) is 4.99 Å². The smallest absolute Gasteiger partial charge is 0.341 e. The topological polar surface area (TPSA) is 116 Å². The minimum absolute atomic E-state index is 0.264. The maximum absolute atomic E-state index is 13.7. The molecule has 0 amide bonds. The molecule has 0 aliphatic carbocycles. The zero-order valence-corrected chi connectivity index (χ0v) is 22.6. The van der Waals surface area contributed by atoms with E-state index in [1.54, 1.807) is 69.3 Å². The molecule has 1 unspecified atom stereocenters. The number of carbonyl (C=O) groups excluding carboxylic acids is 1. The number of aromatic nitrogens is 1. The Morgan fingerprint density at radius 2 is 1.89 bits per heavy atom. The number of ether oxygens (including phenoxy) is 3. The Morgan fingerprint density at radius 1 is 1.18 bits per heavy atom. The number of thiazole rings is 1. The van der Waals surface area contributed by atoms with E-state index in [4.69, 9.17) is 30.9 Å². The van der Waals surface area contributed by atoms with E-state index in [1.165, 1.54) is 23.0 Å². The fraction of sp³-hybridized carbons (Fsp3) is 0.259. The summed E-state index contributed by atoms with van der Waals surface area (Å²) in [7, 11) is 1.44. The molecular weight excluding hydrogens is 532 g/mol. The average Bonchev–Trinajstić information content (AvgIpc) is 3.16. The van der Waals surface area contributed by atoms with Crippen LogP contribution in [-0.2, 0) is 14.3 Å². The van der Waals surface area contributed by atoms with Gasteiger partial charge in [0.15, 0.2) is 22.9 Å². The fourth-order valence-electron chi connectivity index (χ4n) is 4.00. The molecule has 11 heteroatoms. The number of benzene rings is 2. The van der Waals surface area contributed by atoms with Crippen LogP contribution in [-0.4, -0.2) is 41.4 Å². The van der Waals surface area contributed by atoms with Gasteiger partial charge in [0.2, 0.25) is 0 Å². The van der Waals surface area contributed by atoms with Crippen molar-refractivity contribution < 1.29 is 28.9 Å². The molecule has 0 saturated carbocycles. The highest BCUT2D eigenvalue weighted by molar-refractivity contribution is 7.07. The Labute approximate surface area is 226 Å². The van der Waals surface area contributed by atoms with E-state index < -0.39 is 24.6 Å². The van der Waals surface area contributed by atoms with Gasteiger partial charge in [-0.1, -0.05) is 41.1 Å². The van der Waals surface area contributed by atoms with Crippen LogP contribution in [0.1, 0.15) is 37.9 Å². The molecule has 38 heavy (non-hydrogen) atoms. The number of halogens is 1. The highest BCUT2D eigenvalue weighted by Crippen LogP contribution is 2.32. The van der Waals surface area contributed by atoms with E-state index in [0.717, 1.165) is 0 Å². The summed E-state index contributed by atoms with van der Waals surface area (Å²) in [4.78, 5) is 42.7. The Hall–Kier alpha value is -3.89. The SMILES string of the molecule is COc1cc(C=c2sc3n(c2=O)C(c2ccc(Cl)cc2)C(C(=O)OC(C)C)=C(C)N=3)ccc1OCC(=O)O. The molecule has 2 heterocycles. The van der Waals surface area contributed by atoms with Crippen LogP contribution in [0.5, 0.6) is 11.5 Å². The maximum Gasteiger partial charge on any atom is 0.341 e. The van der Waals surface area contributed by atoms with Crippen molar-refractivity contribution in [1.82, 2.24) is 4.57 Å². The molecule has 0 fully saturated rings. The molecule has 1 aromatic heterocycles. The molecule has 3 aromatic rings. The van der Waals surface area contributed by atoms with Crippen LogP contribution in [0.4, 0.5) is 0 Å². The first-order valence-electron chi connectivity index (χ1n) is 11.6. The molecule has 1 aliphatic heterocycles. The number of carbonyl (C=O) groups is 2. The van der Waals surface area contributed by atoms with E-state index in [9.17, 15) is 14.4 Å². The number of methoxy groups -OCH3 is 1. The van der Waals surface area contributed by atoms with E-state index in [0.29, 0.717) is 36.9 Å². The van der Waals surface area contributed by atoms with Crippen LogP contribution in [0.3, 0.4) is 0 Å². The second kappa shape index (κ2) is 11.2. The summed E-state index contributed by atoms with van der Waals surface area (Å²) in [6, 6.07) is 11.1. The number of allylic oxidation sites excluding steroid dienone is 1. The van der Waals surface area contributed by atoms with Gasteiger partial charge in [0.1, 0.15) is 0 Å². The molecule has 0 radical (unpaired) electrons. The van der Waals surface area contributed by atoms with Crippen LogP contribution >= 0.6 is 22.9 Å². The zero-order valence-electron chi connectivity index (χ0n) is 21.1. The molecule has 2 aromatic carbocycles. The van der Waals surface area contributed by atoms with E-state index in [-0.39, 0.29) is 23.0 Å². The number of fused-ring (bicyclic) bond motifs is 1. The standard InChI is InChI=1S/C27H25ClN2O7S/c1-14(2)37-26(34)23-15(3)29-27-30(24(23)17-6-8-18(28)9-7-17)25(33)21(38-27)12-16-5-10-19(20(11-16)35-4)36-13-22(31)32/h5-12,14,24H,13H2,1-4H3,(H,31,32). The quantitative estimate of drug-likeness (QED) is 0.423. The van der Waals surface area contributed by atoms with Gasteiger partial charge >= 0.3 is 11.9 Å². The van der Waals surface area contributed by atoms with Crippen LogP contribution in [0.25, 0.3) is 6.08 Å². The van der Waals surface area contributed by atoms with Crippen LogP contribution in [0, 0.1) is 0 Å². The van der Waals surface area contributed by atoms with Gasteiger partial charge in [-0.25, -0.2) is 14.6 Å². The van der Waals surface area contributed by atoms with Gasteiger partial charge < -0.3 is 19.3 Å². The summed E-state index contributed by atoms with van der Waals surface area (Å²) >= 11 is 7.29. The van der Waals surface area contributed by atoms with Crippen molar-refractivity contribution >= 4 is 41.0 Å². The van der Waals surface area contributed by atoms with Gasteiger partial charge in [-0.3, -0.25) is 9.36 Å². The van der Waals surface area contributed by atoms with Gasteiger partial charge in [0.05, 0.1) is 35.1 Å². The number of esters is 1. The predicted octanol–water partition coefficient (Wildman–Crippen LogP) is 3.31. The van der Waals surface area contributed by atoms with Crippen molar-refractivity contribution in [3.63, 3.8) is 0 Å². The maximum atomic E-state index is 13.7. The van der Waals surface area contributed by atoms with E-state index >= 15 is 0 Å². The summed E-state index contributed by atoms with van der Waals surface area (Å²) in [5.41, 5.74) is 1.73. The molecule has 0 spiro atoms. The third kappa shape index (κ3) is 5.66. The lowest BCUT2D eigenvalue weighted by Crippen LogP contribution is -2.40. The summed E-state index contributed by atoms with van der Waals surface area (Å²) < 4.78 is 18.0. The van der Waals surface area contributed by atoms with Crippen molar-refractivity contribution in [2.24, 2.45) is 4.99 Å². The van der Waals surface area contributed by atoms with Gasteiger partial charge in [-0.05, 0) is 62.2 Å². The van der Waals surface area contributed by atoms with Crippen molar-refractivity contribution in [3.8, 4) is 11.5 Å². The first-order chi connectivity index (χ1) is 18.1. The molecule has 0 saturated heterocycles. The number of carboxylic acids is 1. The van der Waals surface area contributed by atoms with Gasteiger partial charge in [-0.15, -0.1) is 0 Å². The van der Waals surface area contributed by atoms with Crippen LogP contribution < -0.4 is 24.4 Å². The number of rotatable bonds is 8. The monoisotopic (exact) mass is 556 g/mol. The lowest BCUT2D eigenvalue weighted by molar-refractivity contribution is -0.143. The average molecular weight is 557 g/mol. The summed E-state index contributed by atoms with van der Waals surface area (Å²) in [5, 5.41) is 9.40. The first-order valence-corrected chi connectivity index (χ1v) is 12.8. The van der Waals surface area contributed by atoms with Crippen LogP contribution in [0.15, 0.2) is 63.5 Å². The third-order valence-corrected chi connectivity index (χ3v) is 6.84. The minimum atomic E-state index is -1.11. The second-order valence-corrected chi connectivity index (χ2v) is 10.1. The Morgan fingerprint density at radius 3 is 2.53 bits per heavy atom. The molecule has 198 valence electrons. The Bertz CT molecular complexity index is 1600. The first kappa shape index (κ1) is 27.2. The van der Waals surface area contributed by atoms with E-state index in [1.807, 2.05) is 0 Å². The number of nitrogens with zero attached hydrogens (tertiary/aromatic N) is 2. The lowest BCUT2D eigenvalue weighted by Gasteiger charge is -2.25. The highest BCUT2D eigenvalue weighted by Gasteiger charge is 2.33. The molecular formula is C27H25ClN2O7S. The highest BCUT2D eigenvalue weighted by atomic mass is 35.5. The molecule has 1 N–H and O–H groups in total. The van der Waals surface area contributed by atoms with Crippen molar-refractivity contribution in [2.45, 2.75) is 32.9 Å². The normalized spacial score (nSPS) is 15.2. The van der Waals surface area contributed by atoms with Crippen molar-refractivity contribution in [1.29, 1.82) is 0 Å². The molecule has 9 nitrogen and oxygen atoms in total. The zero-order chi connectivity index (χ0) is 27.6.